The van der Waals surface area contributed by atoms with Crippen molar-refractivity contribution in [2.75, 3.05) is 19.6 Å². The van der Waals surface area contributed by atoms with Crippen LogP contribution in [0.1, 0.15) is 43.0 Å². The van der Waals surface area contributed by atoms with Crippen molar-refractivity contribution in [3.63, 3.8) is 0 Å². The second kappa shape index (κ2) is 6.80. The largest absolute Gasteiger partial charge is 0.296 e. The average molecular weight is 263 g/mol. The van der Waals surface area contributed by atoms with Crippen molar-refractivity contribution in [1.29, 1.82) is 0 Å². The molecule has 0 aliphatic carbocycles. The molecule has 1 saturated heterocycles. The molecule has 2 nitrogen and oxygen atoms in total. The molecule has 0 aromatic heterocycles. The van der Waals surface area contributed by atoms with Crippen LogP contribution in [0, 0.1) is 11.7 Å². The van der Waals surface area contributed by atoms with E-state index >= 15 is 0 Å². The minimum absolute atomic E-state index is 0.0226. The minimum Gasteiger partial charge on any atom is -0.296 e. The highest BCUT2D eigenvalue weighted by molar-refractivity contribution is 5.97. The Morgan fingerprint density at radius 1 is 1.37 bits per heavy atom. The van der Waals surface area contributed by atoms with Crippen LogP contribution in [-0.2, 0) is 0 Å². The number of ketones is 1. The summed E-state index contributed by atoms with van der Waals surface area (Å²) in [6.45, 7) is 4.62. The Morgan fingerprint density at radius 2 is 2.21 bits per heavy atom. The van der Waals surface area contributed by atoms with Gasteiger partial charge in [-0.3, -0.25) is 9.69 Å². The molecule has 2 rings (SSSR count). The van der Waals surface area contributed by atoms with Gasteiger partial charge in [-0.15, -0.1) is 0 Å². The fourth-order valence-corrected chi connectivity index (χ4v) is 2.75. The Balaban J connectivity index is 1.92. The normalized spacial score (nSPS) is 21.1. The summed E-state index contributed by atoms with van der Waals surface area (Å²) in [5, 5.41) is 0. The van der Waals surface area contributed by atoms with E-state index in [2.05, 4.69) is 11.8 Å². The summed E-state index contributed by atoms with van der Waals surface area (Å²) in [5.41, 5.74) is 0.483. The molecular formula is C16H22FNO. The third-order valence-electron chi connectivity index (χ3n) is 4.03. The number of hydrogen-bond acceptors (Lipinski definition) is 2. The standard InChI is InChI=1S/C16H22FNO/c1-2-13-5-4-9-18(10-8-13)12-16(19)14-6-3-7-15(17)11-14/h3,6-7,11,13H,2,4-5,8-10,12H2,1H3. The molecule has 1 aliphatic rings. The lowest BCUT2D eigenvalue weighted by atomic mass is 9.98. The quantitative estimate of drug-likeness (QED) is 0.775. The summed E-state index contributed by atoms with van der Waals surface area (Å²) in [5.74, 6) is 0.483. The molecule has 0 saturated carbocycles. The molecule has 104 valence electrons. The van der Waals surface area contributed by atoms with Gasteiger partial charge < -0.3 is 0 Å². The van der Waals surface area contributed by atoms with E-state index in [1.165, 1.54) is 31.4 Å². The monoisotopic (exact) mass is 263 g/mol. The third-order valence-corrected chi connectivity index (χ3v) is 4.03. The lowest BCUT2D eigenvalue weighted by Gasteiger charge is -2.19. The molecular weight excluding hydrogens is 241 g/mol. The maximum Gasteiger partial charge on any atom is 0.176 e. The predicted octanol–water partition coefficient (Wildman–Crippen LogP) is 3.52. The first-order valence-corrected chi connectivity index (χ1v) is 7.20. The lowest BCUT2D eigenvalue weighted by molar-refractivity contribution is 0.0932. The molecule has 1 heterocycles. The molecule has 1 aromatic rings. The molecule has 1 fully saturated rings. The molecule has 1 aliphatic heterocycles. The SMILES string of the molecule is CCC1CCCN(CC(=O)c2cccc(F)c2)CC1. The van der Waals surface area contributed by atoms with Crippen molar-refractivity contribution in [3.05, 3.63) is 35.6 Å². The van der Waals surface area contributed by atoms with Gasteiger partial charge in [0.25, 0.3) is 0 Å². The molecule has 19 heavy (non-hydrogen) atoms. The Bertz CT molecular complexity index is 433. The maximum atomic E-state index is 13.1. The van der Waals surface area contributed by atoms with Gasteiger partial charge in [-0.2, -0.15) is 0 Å². The van der Waals surface area contributed by atoms with Gasteiger partial charge in [0.1, 0.15) is 5.82 Å². The first-order valence-electron chi connectivity index (χ1n) is 7.20. The first kappa shape index (κ1) is 14.2. The molecule has 0 amide bonds. The Labute approximate surface area is 114 Å². The number of nitrogens with zero attached hydrogens (tertiary/aromatic N) is 1. The van der Waals surface area contributed by atoms with Crippen molar-refractivity contribution >= 4 is 5.78 Å². The zero-order chi connectivity index (χ0) is 13.7. The smallest absolute Gasteiger partial charge is 0.176 e. The summed E-state index contributed by atoms with van der Waals surface area (Å²) in [7, 11) is 0. The molecule has 0 bridgehead atoms. The van der Waals surface area contributed by atoms with Crippen molar-refractivity contribution in [3.8, 4) is 0 Å². The lowest BCUT2D eigenvalue weighted by Crippen LogP contribution is -2.31. The Kier molecular flexibility index (Phi) is 5.08. The fraction of sp³-hybridized carbons (Fsp3) is 0.562. The Hall–Kier alpha value is -1.22. The minimum atomic E-state index is -0.340. The van der Waals surface area contributed by atoms with E-state index in [1.807, 2.05) is 0 Å². The molecule has 1 aromatic carbocycles. The molecule has 1 unspecified atom stereocenters. The van der Waals surface area contributed by atoms with Gasteiger partial charge in [-0.05, 0) is 50.4 Å². The molecule has 0 N–H and O–H groups in total. The van der Waals surface area contributed by atoms with Crippen molar-refractivity contribution in [2.24, 2.45) is 5.92 Å². The van der Waals surface area contributed by atoms with Gasteiger partial charge in [-0.25, -0.2) is 4.39 Å². The van der Waals surface area contributed by atoms with Crippen molar-refractivity contribution < 1.29 is 9.18 Å². The van der Waals surface area contributed by atoms with Crippen molar-refractivity contribution in [1.82, 2.24) is 4.90 Å². The zero-order valence-corrected chi connectivity index (χ0v) is 11.6. The highest BCUT2D eigenvalue weighted by Gasteiger charge is 2.18. The van der Waals surface area contributed by atoms with Crippen LogP contribution < -0.4 is 0 Å². The maximum absolute atomic E-state index is 13.1. The van der Waals surface area contributed by atoms with Gasteiger partial charge >= 0.3 is 0 Å². The molecule has 0 radical (unpaired) electrons. The van der Waals surface area contributed by atoms with E-state index in [0.717, 1.165) is 25.4 Å². The number of benzene rings is 1. The fourth-order valence-electron chi connectivity index (χ4n) is 2.75. The number of rotatable bonds is 4. The van der Waals surface area contributed by atoms with E-state index in [0.29, 0.717) is 12.1 Å². The van der Waals surface area contributed by atoms with Crippen LogP contribution >= 0.6 is 0 Å². The molecule has 3 heteroatoms. The molecule has 1 atom stereocenters. The van der Waals surface area contributed by atoms with Gasteiger partial charge in [0.05, 0.1) is 6.54 Å². The second-order valence-electron chi connectivity index (χ2n) is 5.41. The van der Waals surface area contributed by atoms with Crippen LogP contribution in [-0.4, -0.2) is 30.3 Å². The average Bonchev–Trinajstić information content (AvgIpc) is 2.64. The van der Waals surface area contributed by atoms with Gasteiger partial charge in [-0.1, -0.05) is 25.5 Å². The topological polar surface area (TPSA) is 20.3 Å². The van der Waals surface area contributed by atoms with E-state index in [9.17, 15) is 9.18 Å². The second-order valence-corrected chi connectivity index (χ2v) is 5.41. The van der Waals surface area contributed by atoms with E-state index in [1.54, 1.807) is 12.1 Å². The Morgan fingerprint density at radius 3 is 2.95 bits per heavy atom. The third kappa shape index (κ3) is 4.13. The van der Waals surface area contributed by atoms with Gasteiger partial charge in [0.2, 0.25) is 0 Å². The zero-order valence-electron chi connectivity index (χ0n) is 11.6. The number of Topliss-reactive ketones (excluding diaryl/α,β-unsaturated/α-hetero) is 1. The highest BCUT2D eigenvalue weighted by atomic mass is 19.1. The number of carbonyl (C=O) groups is 1. The van der Waals surface area contributed by atoms with Crippen LogP contribution in [0.15, 0.2) is 24.3 Å². The van der Waals surface area contributed by atoms with Crippen LogP contribution in [0.3, 0.4) is 0 Å². The first-order chi connectivity index (χ1) is 9.19. The van der Waals surface area contributed by atoms with Crippen LogP contribution in [0.2, 0.25) is 0 Å². The van der Waals surface area contributed by atoms with Crippen LogP contribution in [0.25, 0.3) is 0 Å². The number of hydrogen-bond donors (Lipinski definition) is 0. The van der Waals surface area contributed by atoms with E-state index < -0.39 is 0 Å². The van der Waals surface area contributed by atoms with Gasteiger partial charge in [0.15, 0.2) is 5.78 Å². The predicted molar refractivity (Wildman–Crippen MR) is 74.8 cm³/mol. The highest BCUT2D eigenvalue weighted by Crippen LogP contribution is 2.20. The summed E-state index contributed by atoms with van der Waals surface area (Å²) in [6, 6.07) is 5.99. The van der Waals surface area contributed by atoms with E-state index in [4.69, 9.17) is 0 Å². The van der Waals surface area contributed by atoms with Crippen molar-refractivity contribution in [2.45, 2.75) is 32.6 Å². The summed E-state index contributed by atoms with van der Waals surface area (Å²) >= 11 is 0. The number of carbonyl (C=O) groups excluding carboxylic acids is 1. The summed E-state index contributed by atoms with van der Waals surface area (Å²) < 4.78 is 13.1. The van der Waals surface area contributed by atoms with Gasteiger partial charge in [0, 0.05) is 5.56 Å². The van der Waals surface area contributed by atoms with Crippen LogP contribution in [0.5, 0.6) is 0 Å². The number of likely N-dealkylation sites (tertiary alicyclic amines) is 1. The number of halogens is 1. The summed E-state index contributed by atoms with van der Waals surface area (Å²) in [6.07, 6.45) is 4.83. The van der Waals surface area contributed by atoms with Crippen LogP contribution in [0.4, 0.5) is 4.39 Å². The van der Waals surface area contributed by atoms with E-state index in [-0.39, 0.29) is 11.6 Å². The molecule has 0 spiro atoms. The summed E-state index contributed by atoms with van der Waals surface area (Å²) in [4.78, 5) is 14.3.